The van der Waals surface area contributed by atoms with Crippen molar-refractivity contribution in [1.29, 1.82) is 0 Å². The van der Waals surface area contributed by atoms with Crippen LogP contribution in [0.15, 0.2) is 243 Å². The molecule has 2 aromatic heterocycles. The summed E-state index contributed by atoms with van der Waals surface area (Å²) < 4.78 is 4.80. The largest absolute Gasteiger partial charge is 0.309 e. The van der Waals surface area contributed by atoms with Crippen molar-refractivity contribution in [3.63, 3.8) is 0 Å². The molecular weight excluding hydrogens is 773 g/mol. The summed E-state index contributed by atoms with van der Waals surface area (Å²) in [5.41, 5.74) is 16.9. The standard InChI is InChI=1S/C62H40N2/c1-3-13-41(14-4-1)45-29-35-61-57(37-45)53-19-7-9-23-59(53)63(61)49-31-25-43(26-32-49)51-21-11-17-47-40-56-48(39-55(47)51)18-12-22-52(56)44-27-33-50(34-28-44)64-60-24-10-8-20-54(60)58-38-46(30-36-62(58)64)42-15-5-2-6-16-42/h1-40H. The van der Waals surface area contributed by atoms with E-state index in [-0.39, 0.29) is 0 Å². The molecule has 0 saturated carbocycles. The van der Waals surface area contributed by atoms with Crippen LogP contribution in [0.1, 0.15) is 0 Å². The smallest absolute Gasteiger partial charge is 0.0541 e. The highest BCUT2D eigenvalue weighted by Crippen LogP contribution is 2.40. The van der Waals surface area contributed by atoms with E-state index in [1.165, 1.54) is 110 Å². The van der Waals surface area contributed by atoms with Crippen molar-refractivity contribution in [2.75, 3.05) is 0 Å². The van der Waals surface area contributed by atoms with Crippen LogP contribution in [0.2, 0.25) is 0 Å². The van der Waals surface area contributed by atoms with Crippen molar-refractivity contribution in [3.05, 3.63) is 243 Å². The van der Waals surface area contributed by atoms with Crippen molar-refractivity contribution in [1.82, 2.24) is 9.13 Å². The van der Waals surface area contributed by atoms with E-state index in [1.54, 1.807) is 0 Å². The zero-order chi connectivity index (χ0) is 42.1. The lowest BCUT2D eigenvalue weighted by Crippen LogP contribution is -1.94. The number of nitrogens with zero attached hydrogens (tertiary/aromatic N) is 2. The molecule has 298 valence electrons. The normalized spacial score (nSPS) is 11.8. The second kappa shape index (κ2) is 14.6. The van der Waals surface area contributed by atoms with Crippen LogP contribution in [0.4, 0.5) is 0 Å². The molecule has 0 N–H and O–H groups in total. The fraction of sp³-hybridized carbons (Fsp3) is 0. The van der Waals surface area contributed by atoms with E-state index in [1.807, 2.05) is 0 Å². The van der Waals surface area contributed by atoms with Crippen LogP contribution in [0.3, 0.4) is 0 Å². The van der Waals surface area contributed by atoms with Crippen molar-refractivity contribution < 1.29 is 0 Å². The van der Waals surface area contributed by atoms with Crippen LogP contribution in [-0.4, -0.2) is 9.13 Å². The Morgan fingerprint density at radius 3 is 1.02 bits per heavy atom. The lowest BCUT2D eigenvalue weighted by Gasteiger charge is -2.14. The summed E-state index contributed by atoms with van der Waals surface area (Å²) in [5, 5.41) is 10.0. The summed E-state index contributed by atoms with van der Waals surface area (Å²) in [7, 11) is 0. The molecule has 0 aliphatic carbocycles. The maximum atomic E-state index is 2.40. The van der Waals surface area contributed by atoms with E-state index < -0.39 is 0 Å². The Bertz CT molecular complexity index is 3650. The highest BCUT2D eigenvalue weighted by atomic mass is 15.0. The number of para-hydroxylation sites is 2. The van der Waals surface area contributed by atoms with Gasteiger partial charge in [-0.3, -0.25) is 0 Å². The molecule has 2 nitrogen and oxygen atoms in total. The van der Waals surface area contributed by atoms with Crippen molar-refractivity contribution in [2.24, 2.45) is 0 Å². The first-order chi connectivity index (χ1) is 31.7. The number of aromatic nitrogens is 2. The molecular formula is C62H40N2. The number of rotatable bonds is 6. The molecule has 13 rings (SSSR count). The summed E-state index contributed by atoms with van der Waals surface area (Å²) in [5.74, 6) is 0. The predicted molar refractivity (Wildman–Crippen MR) is 272 cm³/mol. The summed E-state index contributed by atoms with van der Waals surface area (Å²) >= 11 is 0. The minimum atomic E-state index is 1.15. The Balaban J connectivity index is 0.854. The minimum absolute atomic E-state index is 1.15. The van der Waals surface area contributed by atoms with Crippen LogP contribution >= 0.6 is 0 Å². The number of benzene rings is 11. The highest BCUT2D eigenvalue weighted by Gasteiger charge is 2.16. The Labute approximate surface area is 371 Å². The Kier molecular flexibility index (Phi) is 8.25. The van der Waals surface area contributed by atoms with Gasteiger partial charge in [-0.15, -0.1) is 0 Å². The molecule has 2 heterocycles. The minimum Gasteiger partial charge on any atom is -0.309 e. The highest BCUT2D eigenvalue weighted by molar-refractivity contribution is 6.12. The maximum absolute atomic E-state index is 2.40. The van der Waals surface area contributed by atoms with Crippen LogP contribution < -0.4 is 0 Å². The zero-order valence-electron chi connectivity index (χ0n) is 35.0. The third-order valence-corrected chi connectivity index (χ3v) is 13.3. The summed E-state index contributed by atoms with van der Waals surface area (Å²) in [6.07, 6.45) is 0. The van der Waals surface area contributed by atoms with Gasteiger partial charge in [-0.05, 0) is 139 Å². The first-order valence-corrected chi connectivity index (χ1v) is 22.1. The van der Waals surface area contributed by atoms with Gasteiger partial charge in [0.25, 0.3) is 0 Å². The average molecular weight is 813 g/mol. The van der Waals surface area contributed by atoms with Gasteiger partial charge in [0, 0.05) is 32.9 Å². The first kappa shape index (κ1) is 36.2. The van der Waals surface area contributed by atoms with E-state index in [0.717, 1.165) is 11.4 Å². The summed E-state index contributed by atoms with van der Waals surface area (Å²) in [4.78, 5) is 0. The van der Waals surface area contributed by atoms with Crippen molar-refractivity contribution in [3.8, 4) is 55.9 Å². The summed E-state index contributed by atoms with van der Waals surface area (Å²) in [6.45, 7) is 0. The Hall–Kier alpha value is -8.46. The molecule has 0 atom stereocenters. The van der Waals surface area contributed by atoms with Gasteiger partial charge in [0.15, 0.2) is 0 Å². The molecule has 0 unspecified atom stereocenters. The van der Waals surface area contributed by atoms with Crippen LogP contribution in [0.5, 0.6) is 0 Å². The van der Waals surface area contributed by atoms with E-state index in [9.17, 15) is 0 Å². The van der Waals surface area contributed by atoms with Gasteiger partial charge < -0.3 is 9.13 Å². The van der Waals surface area contributed by atoms with Gasteiger partial charge in [-0.2, -0.15) is 0 Å². The number of hydrogen-bond donors (Lipinski definition) is 0. The Morgan fingerprint density at radius 1 is 0.203 bits per heavy atom. The SMILES string of the molecule is c1ccc(-c2ccc3c(c2)c2ccccc2n3-c2ccc(-c3cccc4cc5c(-c6ccc(-n7c8ccccc8c8cc(-c9ccccc9)ccc87)cc6)cccc5cc34)cc2)cc1. The van der Waals surface area contributed by atoms with Gasteiger partial charge >= 0.3 is 0 Å². The fourth-order valence-electron chi connectivity index (χ4n) is 10.3. The first-order valence-electron chi connectivity index (χ1n) is 22.1. The quantitative estimate of drug-likeness (QED) is 0.148. The third-order valence-electron chi connectivity index (χ3n) is 13.3. The fourth-order valence-corrected chi connectivity index (χ4v) is 10.3. The van der Waals surface area contributed by atoms with Crippen molar-refractivity contribution >= 4 is 65.2 Å². The number of hydrogen-bond acceptors (Lipinski definition) is 0. The lowest BCUT2D eigenvalue weighted by molar-refractivity contribution is 1.18. The molecule has 0 bridgehead atoms. The summed E-state index contributed by atoms with van der Waals surface area (Å²) in [6, 6.07) is 88.9. The number of fused-ring (bicyclic) bond motifs is 8. The molecule has 0 aliphatic heterocycles. The molecule has 64 heavy (non-hydrogen) atoms. The lowest BCUT2D eigenvalue weighted by atomic mass is 9.92. The molecule has 13 aromatic rings. The van der Waals surface area contributed by atoms with Gasteiger partial charge in [0.2, 0.25) is 0 Å². The van der Waals surface area contributed by atoms with E-state index >= 15 is 0 Å². The van der Waals surface area contributed by atoms with E-state index in [0.29, 0.717) is 0 Å². The average Bonchev–Trinajstić information content (AvgIpc) is 3.88. The second-order valence-electron chi connectivity index (χ2n) is 16.9. The van der Waals surface area contributed by atoms with Gasteiger partial charge in [0.05, 0.1) is 22.1 Å². The molecule has 0 saturated heterocycles. The van der Waals surface area contributed by atoms with Crippen LogP contribution in [0.25, 0.3) is 121 Å². The van der Waals surface area contributed by atoms with Crippen LogP contribution in [0, 0.1) is 0 Å². The van der Waals surface area contributed by atoms with E-state index in [4.69, 9.17) is 0 Å². The second-order valence-corrected chi connectivity index (χ2v) is 16.9. The Morgan fingerprint density at radius 2 is 0.578 bits per heavy atom. The topological polar surface area (TPSA) is 9.86 Å². The predicted octanol–water partition coefficient (Wildman–Crippen LogP) is 16.9. The van der Waals surface area contributed by atoms with E-state index in [2.05, 4.69) is 252 Å². The molecule has 2 heteroatoms. The van der Waals surface area contributed by atoms with Gasteiger partial charge in [0.1, 0.15) is 0 Å². The zero-order valence-corrected chi connectivity index (χ0v) is 35.0. The maximum Gasteiger partial charge on any atom is 0.0541 e. The van der Waals surface area contributed by atoms with Crippen molar-refractivity contribution in [2.45, 2.75) is 0 Å². The molecule has 0 amide bonds. The molecule has 0 radical (unpaired) electrons. The van der Waals surface area contributed by atoms with Gasteiger partial charge in [-0.25, -0.2) is 0 Å². The van der Waals surface area contributed by atoms with Crippen LogP contribution in [-0.2, 0) is 0 Å². The molecule has 0 spiro atoms. The monoisotopic (exact) mass is 812 g/mol. The molecule has 11 aromatic carbocycles. The van der Waals surface area contributed by atoms with Gasteiger partial charge in [-0.1, -0.05) is 170 Å². The molecule has 0 fully saturated rings. The molecule has 0 aliphatic rings. The third kappa shape index (κ3) is 5.81.